The van der Waals surface area contributed by atoms with Gasteiger partial charge in [-0.2, -0.15) is 0 Å². The van der Waals surface area contributed by atoms with Crippen molar-refractivity contribution >= 4 is 0 Å². The number of hydrogen-bond donors (Lipinski definition) is 2. The summed E-state index contributed by atoms with van der Waals surface area (Å²) in [6, 6.07) is 0.207. The summed E-state index contributed by atoms with van der Waals surface area (Å²) in [7, 11) is 0. The molecule has 0 radical (unpaired) electrons. The lowest BCUT2D eigenvalue weighted by atomic mass is 9.70. The SMILES string of the molecule is CC1(C)CC2(CC(C)(C)N1)OCCC2N. The lowest BCUT2D eigenvalue weighted by Crippen LogP contribution is -2.66. The first kappa shape index (κ1) is 11.4. The van der Waals surface area contributed by atoms with Crippen LogP contribution in [-0.4, -0.2) is 29.3 Å². The average Bonchev–Trinajstić information content (AvgIpc) is 2.25. The summed E-state index contributed by atoms with van der Waals surface area (Å²) < 4.78 is 6.00. The van der Waals surface area contributed by atoms with E-state index in [0.717, 1.165) is 25.9 Å². The van der Waals surface area contributed by atoms with Gasteiger partial charge >= 0.3 is 0 Å². The Bertz CT molecular complexity index is 244. The Morgan fingerprint density at radius 1 is 1.13 bits per heavy atom. The molecule has 2 saturated heterocycles. The van der Waals surface area contributed by atoms with Gasteiger partial charge in [0.05, 0.1) is 5.60 Å². The topological polar surface area (TPSA) is 47.3 Å². The van der Waals surface area contributed by atoms with Crippen LogP contribution in [0.2, 0.25) is 0 Å². The lowest BCUT2D eigenvalue weighted by Gasteiger charge is -2.52. The zero-order valence-electron chi connectivity index (χ0n) is 10.4. The van der Waals surface area contributed by atoms with Crippen molar-refractivity contribution in [3.05, 3.63) is 0 Å². The maximum atomic E-state index is 6.23. The van der Waals surface area contributed by atoms with Crippen LogP contribution in [0.25, 0.3) is 0 Å². The normalized spacial score (nSPS) is 37.0. The fraction of sp³-hybridized carbons (Fsp3) is 1.00. The van der Waals surface area contributed by atoms with E-state index < -0.39 is 0 Å². The van der Waals surface area contributed by atoms with Crippen molar-refractivity contribution in [1.29, 1.82) is 0 Å². The van der Waals surface area contributed by atoms with Gasteiger partial charge in [-0.3, -0.25) is 0 Å². The lowest BCUT2D eigenvalue weighted by molar-refractivity contribution is -0.0801. The Hall–Kier alpha value is -0.120. The van der Waals surface area contributed by atoms with E-state index in [1.165, 1.54) is 0 Å². The van der Waals surface area contributed by atoms with Crippen molar-refractivity contribution in [3.8, 4) is 0 Å². The Morgan fingerprint density at radius 2 is 1.67 bits per heavy atom. The molecule has 3 heteroatoms. The quantitative estimate of drug-likeness (QED) is 0.638. The Labute approximate surface area is 92.7 Å². The molecule has 0 aromatic carbocycles. The molecule has 2 aliphatic heterocycles. The van der Waals surface area contributed by atoms with Gasteiger partial charge < -0.3 is 15.8 Å². The van der Waals surface area contributed by atoms with Gasteiger partial charge in [0.2, 0.25) is 0 Å². The molecule has 3 nitrogen and oxygen atoms in total. The van der Waals surface area contributed by atoms with Gasteiger partial charge in [0.25, 0.3) is 0 Å². The first-order chi connectivity index (χ1) is 6.75. The van der Waals surface area contributed by atoms with Gasteiger partial charge in [0.1, 0.15) is 0 Å². The van der Waals surface area contributed by atoms with Crippen molar-refractivity contribution in [1.82, 2.24) is 5.32 Å². The molecular formula is C12H24N2O. The fourth-order valence-corrected chi connectivity index (χ4v) is 3.69. The number of nitrogens with one attached hydrogen (secondary N) is 1. The summed E-state index contributed by atoms with van der Waals surface area (Å²) in [6.45, 7) is 9.79. The molecule has 1 spiro atoms. The van der Waals surface area contributed by atoms with Crippen molar-refractivity contribution in [3.63, 3.8) is 0 Å². The molecule has 88 valence electrons. The molecule has 0 aromatic heterocycles. The molecule has 0 amide bonds. The van der Waals surface area contributed by atoms with E-state index >= 15 is 0 Å². The minimum Gasteiger partial charge on any atom is -0.373 e. The summed E-state index contributed by atoms with van der Waals surface area (Å²) in [5.74, 6) is 0. The maximum Gasteiger partial charge on any atom is 0.0868 e. The molecule has 2 aliphatic rings. The van der Waals surface area contributed by atoms with Crippen LogP contribution in [0, 0.1) is 0 Å². The largest absolute Gasteiger partial charge is 0.373 e. The molecule has 2 rings (SSSR count). The first-order valence-corrected chi connectivity index (χ1v) is 5.94. The maximum absolute atomic E-state index is 6.23. The van der Waals surface area contributed by atoms with Gasteiger partial charge in [0.15, 0.2) is 0 Å². The van der Waals surface area contributed by atoms with Crippen LogP contribution in [0.5, 0.6) is 0 Å². The summed E-state index contributed by atoms with van der Waals surface area (Å²) in [4.78, 5) is 0. The summed E-state index contributed by atoms with van der Waals surface area (Å²) in [5.41, 5.74) is 6.38. The summed E-state index contributed by atoms with van der Waals surface area (Å²) >= 11 is 0. The van der Waals surface area contributed by atoms with E-state index in [-0.39, 0.29) is 22.7 Å². The monoisotopic (exact) mass is 212 g/mol. The second-order valence-electron chi connectivity index (χ2n) is 6.55. The highest BCUT2D eigenvalue weighted by molar-refractivity contribution is 5.10. The third kappa shape index (κ3) is 2.05. The van der Waals surface area contributed by atoms with Gasteiger partial charge in [0, 0.05) is 23.7 Å². The Kier molecular flexibility index (Phi) is 2.42. The third-order valence-electron chi connectivity index (χ3n) is 3.65. The number of nitrogens with two attached hydrogens (primary N) is 1. The van der Waals surface area contributed by atoms with E-state index in [1.54, 1.807) is 0 Å². The molecular weight excluding hydrogens is 188 g/mol. The van der Waals surface area contributed by atoms with Gasteiger partial charge in [-0.1, -0.05) is 0 Å². The van der Waals surface area contributed by atoms with Crippen molar-refractivity contribution in [2.75, 3.05) is 6.61 Å². The fourth-order valence-electron chi connectivity index (χ4n) is 3.69. The molecule has 15 heavy (non-hydrogen) atoms. The number of ether oxygens (including phenoxy) is 1. The van der Waals surface area contributed by atoms with Crippen LogP contribution < -0.4 is 11.1 Å². The molecule has 0 bridgehead atoms. The number of rotatable bonds is 0. The molecule has 3 N–H and O–H groups in total. The van der Waals surface area contributed by atoms with Crippen LogP contribution in [0.1, 0.15) is 47.0 Å². The molecule has 0 aliphatic carbocycles. The second-order valence-corrected chi connectivity index (χ2v) is 6.55. The van der Waals surface area contributed by atoms with E-state index in [4.69, 9.17) is 10.5 Å². The molecule has 1 atom stereocenters. The molecule has 1 unspecified atom stereocenters. The minimum absolute atomic E-state index is 0.0851. The summed E-state index contributed by atoms with van der Waals surface area (Å²) in [6.07, 6.45) is 3.04. The Morgan fingerprint density at radius 3 is 2.07 bits per heavy atom. The van der Waals surface area contributed by atoms with Crippen LogP contribution in [-0.2, 0) is 4.74 Å². The van der Waals surface area contributed by atoms with Crippen LogP contribution in [0.4, 0.5) is 0 Å². The number of piperidine rings is 1. The summed E-state index contributed by atoms with van der Waals surface area (Å²) in [5, 5.41) is 3.67. The van der Waals surface area contributed by atoms with Crippen molar-refractivity contribution in [2.24, 2.45) is 5.73 Å². The second kappa shape index (κ2) is 3.19. The Balaban J connectivity index is 2.26. The van der Waals surface area contributed by atoms with Crippen molar-refractivity contribution in [2.45, 2.75) is 69.7 Å². The standard InChI is InChI=1S/C12H24N2O/c1-10(2)7-12(8-11(3,4)14-10)9(13)5-6-15-12/h9,14H,5-8,13H2,1-4H3. The highest BCUT2D eigenvalue weighted by Crippen LogP contribution is 2.43. The first-order valence-electron chi connectivity index (χ1n) is 5.94. The van der Waals surface area contributed by atoms with Gasteiger partial charge in [-0.25, -0.2) is 0 Å². The van der Waals surface area contributed by atoms with Crippen molar-refractivity contribution < 1.29 is 4.74 Å². The molecule has 2 heterocycles. The van der Waals surface area contributed by atoms with Crippen LogP contribution in [0.15, 0.2) is 0 Å². The van der Waals surface area contributed by atoms with Crippen LogP contribution in [0.3, 0.4) is 0 Å². The van der Waals surface area contributed by atoms with Gasteiger partial charge in [-0.05, 0) is 47.0 Å². The molecule has 0 saturated carbocycles. The predicted molar refractivity (Wildman–Crippen MR) is 61.8 cm³/mol. The average molecular weight is 212 g/mol. The number of hydrogen-bond acceptors (Lipinski definition) is 3. The van der Waals surface area contributed by atoms with E-state index in [9.17, 15) is 0 Å². The minimum atomic E-state index is -0.0851. The smallest absolute Gasteiger partial charge is 0.0868 e. The van der Waals surface area contributed by atoms with E-state index in [1.807, 2.05) is 0 Å². The molecule has 2 fully saturated rings. The zero-order valence-corrected chi connectivity index (χ0v) is 10.4. The highest BCUT2D eigenvalue weighted by atomic mass is 16.5. The molecule has 0 aromatic rings. The predicted octanol–water partition coefficient (Wildman–Crippen LogP) is 1.41. The van der Waals surface area contributed by atoms with E-state index in [2.05, 4.69) is 33.0 Å². The van der Waals surface area contributed by atoms with E-state index in [0.29, 0.717) is 0 Å². The zero-order chi connectivity index (χ0) is 11.3. The third-order valence-corrected chi connectivity index (χ3v) is 3.65. The van der Waals surface area contributed by atoms with Gasteiger partial charge in [-0.15, -0.1) is 0 Å². The highest BCUT2D eigenvalue weighted by Gasteiger charge is 2.53. The van der Waals surface area contributed by atoms with Crippen LogP contribution >= 0.6 is 0 Å².